The number of nitrogens with zero attached hydrogens (tertiary/aromatic N) is 2. The molecule has 96 valence electrons. The fourth-order valence-electron chi connectivity index (χ4n) is 1.52. The number of imidazole rings is 1. The fraction of sp³-hybridized carbons (Fsp3) is 0.636. The molecular formula is C11H18N2O2S2. The molecule has 1 aromatic heterocycles. The molecule has 1 aromatic rings. The van der Waals surface area contributed by atoms with E-state index in [1.807, 2.05) is 18.0 Å². The van der Waals surface area contributed by atoms with Crippen LogP contribution in [0.25, 0.3) is 0 Å². The Kier molecular flexibility index (Phi) is 6.50. The topological polar surface area (TPSA) is 55.1 Å². The van der Waals surface area contributed by atoms with Crippen LogP contribution in [0.2, 0.25) is 0 Å². The van der Waals surface area contributed by atoms with Gasteiger partial charge in [0.25, 0.3) is 0 Å². The highest BCUT2D eigenvalue weighted by atomic mass is 32.2. The lowest BCUT2D eigenvalue weighted by molar-refractivity contribution is -0.133. The van der Waals surface area contributed by atoms with Crippen LogP contribution in [0.15, 0.2) is 11.4 Å². The maximum Gasteiger partial charge on any atom is 0.313 e. The predicted octanol–water partition coefficient (Wildman–Crippen LogP) is 2.38. The summed E-state index contributed by atoms with van der Waals surface area (Å²) in [6.07, 6.45) is 5.96. The van der Waals surface area contributed by atoms with Crippen LogP contribution in [0.1, 0.15) is 19.0 Å². The second-order valence-electron chi connectivity index (χ2n) is 3.57. The van der Waals surface area contributed by atoms with Gasteiger partial charge in [0, 0.05) is 18.4 Å². The fourth-order valence-corrected chi connectivity index (χ4v) is 2.68. The van der Waals surface area contributed by atoms with Crippen molar-refractivity contribution in [2.24, 2.45) is 0 Å². The Hall–Kier alpha value is -0.620. The molecule has 6 heteroatoms. The molecule has 0 aliphatic carbocycles. The molecule has 0 aromatic carbocycles. The quantitative estimate of drug-likeness (QED) is 0.582. The third-order valence-corrected chi connectivity index (χ3v) is 3.99. The maximum absolute atomic E-state index is 10.6. The van der Waals surface area contributed by atoms with Gasteiger partial charge < -0.3 is 9.67 Å². The average molecular weight is 274 g/mol. The molecule has 0 unspecified atom stereocenters. The number of hydrogen-bond acceptors (Lipinski definition) is 4. The van der Waals surface area contributed by atoms with E-state index < -0.39 is 5.97 Å². The van der Waals surface area contributed by atoms with Crippen molar-refractivity contribution in [3.63, 3.8) is 0 Å². The van der Waals surface area contributed by atoms with Crippen LogP contribution in [0.3, 0.4) is 0 Å². The number of carboxylic acids is 1. The van der Waals surface area contributed by atoms with E-state index in [2.05, 4.69) is 22.7 Å². The highest BCUT2D eigenvalue weighted by Gasteiger charge is 2.10. The van der Waals surface area contributed by atoms with E-state index in [9.17, 15) is 4.79 Å². The second-order valence-corrected chi connectivity index (χ2v) is 5.49. The van der Waals surface area contributed by atoms with Crippen molar-refractivity contribution in [2.45, 2.75) is 31.5 Å². The first kappa shape index (κ1) is 14.4. The molecule has 0 spiro atoms. The number of aryl methyl sites for hydroxylation is 1. The van der Waals surface area contributed by atoms with Crippen molar-refractivity contribution in [3.05, 3.63) is 11.9 Å². The van der Waals surface area contributed by atoms with Crippen LogP contribution >= 0.6 is 23.5 Å². The highest BCUT2D eigenvalue weighted by molar-refractivity contribution is 7.99. The minimum atomic E-state index is -0.799. The van der Waals surface area contributed by atoms with E-state index >= 15 is 0 Å². The Labute approximate surface area is 110 Å². The summed E-state index contributed by atoms with van der Waals surface area (Å²) in [5.74, 6) is 0.388. The Morgan fingerprint density at radius 1 is 1.59 bits per heavy atom. The Bertz CT molecular complexity index is 366. The number of rotatable bonds is 8. The SMILES string of the molecule is CCc1cnc(SCC(=O)O)n1CCCSC. The van der Waals surface area contributed by atoms with Crippen LogP contribution in [-0.2, 0) is 17.8 Å². The smallest absolute Gasteiger partial charge is 0.313 e. The third kappa shape index (κ3) is 4.63. The van der Waals surface area contributed by atoms with Crippen LogP contribution in [0.5, 0.6) is 0 Å². The van der Waals surface area contributed by atoms with Gasteiger partial charge in [-0.05, 0) is 24.9 Å². The van der Waals surface area contributed by atoms with Gasteiger partial charge in [0.15, 0.2) is 5.16 Å². The van der Waals surface area contributed by atoms with Crippen LogP contribution in [-0.4, -0.2) is 38.4 Å². The van der Waals surface area contributed by atoms with E-state index in [0.717, 1.165) is 30.3 Å². The molecule has 1 heterocycles. The summed E-state index contributed by atoms with van der Waals surface area (Å²) in [5, 5.41) is 9.51. The lowest BCUT2D eigenvalue weighted by atomic mass is 10.3. The molecule has 0 aliphatic rings. The molecule has 0 radical (unpaired) electrons. The van der Waals surface area contributed by atoms with Gasteiger partial charge in [0.05, 0.1) is 5.75 Å². The molecule has 1 rings (SSSR count). The molecule has 0 saturated heterocycles. The van der Waals surface area contributed by atoms with Crippen molar-refractivity contribution in [3.8, 4) is 0 Å². The van der Waals surface area contributed by atoms with Crippen molar-refractivity contribution < 1.29 is 9.90 Å². The molecule has 0 saturated carbocycles. The summed E-state index contributed by atoms with van der Waals surface area (Å²) < 4.78 is 2.14. The highest BCUT2D eigenvalue weighted by Crippen LogP contribution is 2.19. The summed E-state index contributed by atoms with van der Waals surface area (Å²) in [7, 11) is 0. The number of aromatic nitrogens is 2. The number of carboxylic acid groups (broad SMARTS) is 1. The summed E-state index contributed by atoms with van der Waals surface area (Å²) in [6.45, 7) is 3.01. The Morgan fingerprint density at radius 3 is 2.94 bits per heavy atom. The first-order valence-corrected chi connectivity index (χ1v) is 7.95. The molecular weight excluding hydrogens is 256 g/mol. The van der Waals surface area contributed by atoms with Gasteiger partial charge >= 0.3 is 5.97 Å². The average Bonchev–Trinajstić information content (AvgIpc) is 2.69. The number of hydrogen-bond donors (Lipinski definition) is 1. The van der Waals surface area contributed by atoms with Crippen molar-refractivity contribution >= 4 is 29.5 Å². The van der Waals surface area contributed by atoms with Crippen molar-refractivity contribution in [1.29, 1.82) is 0 Å². The van der Waals surface area contributed by atoms with Crippen LogP contribution in [0, 0.1) is 0 Å². The van der Waals surface area contributed by atoms with E-state index in [1.165, 1.54) is 17.5 Å². The van der Waals surface area contributed by atoms with Crippen molar-refractivity contribution in [1.82, 2.24) is 9.55 Å². The van der Waals surface area contributed by atoms with Crippen LogP contribution in [0.4, 0.5) is 0 Å². The van der Waals surface area contributed by atoms with Gasteiger partial charge in [0.2, 0.25) is 0 Å². The molecule has 0 aliphatic heterocycles. The number of aliphatic carboxylic acids is 1. The van der Waals surface area contributed by atoms with Crippen molar-refractivity contribution in [2.75, 3.05) is 17.8 Å². The first-order valence-electron chi connectivity index (χ1n) is 5.57. The van der Waals surface area contributed by atoms with Gasteiger partial charge in [-0.25, -0.2) is 4.98 Å². The zero-order valence-corrected chi connectivity index (χ0v) is 11.8. The molecule has 17 heavy (non-hydrogen) atoms. The van der Waals surface area contributed by atoms with E-state index in [1.54, 1.807) is 0 Å². The number of thioether (sulfide) groups is 2. The molecule has 1 N–H and O–H groups in total. The van der Waals surface area contributed by atoms with E-state index in [4.69, 9.17) is 5.11 Å². The van der Waals surface area contributed by atoms with E-state index in [-0.39, 0.29) is 5.75 Å². The lowest BCUT2D eigenvalue weighted by Crippen LogP contribution is -2.07. The first-order chi connectivity index (χ1) is 8.19. The minimum Gasteiger partial charge on any atom is -0.481 e. The zero-order chi connectivity index (χ0) is 12.7. The normalized spacial score (nSPS) is 10.7. The van der Waals surface area contributed by atoms with Crippen LogP contribution < -0.4 is 0 Å². The van der Waals surface area contributed by atoms with Gasteiger partial charge in [-0.1, -0.05) is 18.7 Å². The molecule has 0 fully saturated rings. The molecule has 4 nitrogen and oxygen atoms in total. The molecule has 0 amide bonds. The summed E-state index contributed by atoms with van der Waals surface area (Å²) in [5.41, 5.74) is 1.18. The summed E-state index contributed by atoms with van der Waals surface area (Å²) in [6, 6.07) is 0. The largest absolute Gasteiger partial charge is 0.481 e. The number of carbonyl (C=O) groups is 1. The second kappa shape index (κ2) is 7.66. The zero-order valence-electron chi connectivity index (χ0n) is 10.2. The third-order valence-electron chi connectivity index (χ3n) is 2.32. The Balaban J connectivity index is 2.67. The van der Waals surface area contributed by atoms with Gasteiger partial charge in [-0.3, -0.25) is 4.79 Å². The van der Waals surface area contributed by atoms with Gasteiger partial charge in [-0.15, -0.1) is 0 Å². The minimum absolute atomic E-state index is 0.0721. The Morgan fingerprint density at radius 2 is 2.35 bits per heavy atom. The van der Waals surface area contributed by atoms with E-state index in [0.29, 0.717) is 0 Å². The molecule has 0 bridgehead atoms. The van der Waals surface area contributed by atoms with Gasteiger partial charge in [-0.2, -0.15) is 11.8 Å². The summed E-state index contributed by atoms with van der Waals surface area (Å²) in [4.78, 5) is 14.9. The maximum atomic E-state index is 10.6. The summed E-state index contributed by atoms with van der Waals surface area (Å²) >= 11 is 3.12. The predicted molar refractivity (Wildman–Crippen MR) is 73.0 cm³/mol. The monoisotopic (exact) mass is 274 g/mol. The lowest BCUT2D eigenvalue weighted by Gasteiger charge is -2.09. The molecule has 0 atom stereocenters. The van der Waals surface area contributed by atoms with Gasteiger partial charge in [0.1, 0.15) is 0 Å². The standard InChI is InChI=1S/C11H18N2O2S2/c1-3-9-7-12-11(17-8-10(14)15)13(9)5-4-6-16-2/h7H,3-6,8H2,1-2H3,(H,14,15).